The highest BCUT2D eigenvalue weighted by Crippen LogP contribution is 2.35. The molecule has 0 radical (unpaired) electrons. The van der Waals surface area contributed by atoms with E-state index in [-0.39, 0.29) is 0 Å². The third-order valence-electron chi connectivity index (χ3n) is 5.49. The zero-order valence-corrected chi connectivity index (χ0v) is 19.2. The number of ether oxygens (including phenoxy) is 2. The number of anilines is 1. The van der Waals surface area contributed by atoms with Crippen molar-refractivity contribution in [2.75, 3.05) is 18.2 Å². The average molecular weight is 471 g/mol. The Kier molecular flexibility index (Phi) is 6.31. The van der Waals surface area contributed by atoms with E-state index < -0.39 is 0 Å². The Labute approximate surface area is 202 Å². The molecule has 2 heterocycles. The molecule has 0 saturated carbocycles. The number of benzene rings is 3. The molecule has 2 aromatic heterocycles. The Balaban J connectivity index is 1.45. The van der Waals surface area contributed by atoms with Gasteiger partial charge >= 0.3 is 0 Å². The van der Waals surface area contributed by atoms with Gasteiger partial charge in [-0.25, -0.2) is 9.97 Å². The number of nitrogens with zero attached hydrogens (tertiary/aromatic N) is 3. The first-order valence-corrected chi connectivity index (χ1v) is 11.4. The van der Waals surface area contributed by atoms with Crippen LogP contribution in [0.2, 0.25) is 0 Å². The standard InChI is InChI=1S/C27H23ClN4O2/c28-14-15-33-22-12-8-21(9-13-22)32-16-24(25-26(29)30-18-31-27(25)32)20-6-10-23(11-7-20)34-17-19-4-2-1-3-5-19/h1-13,16,18H,14-15,17H2,(H2,29,30,31). The van der Waals surface area contributed by atoms with E-state index >= 15 is 0 Å². The highest BCUT2D eigenvalue weighted by molar-refractivity contribution is 6.18. The monoisotopic (exact) mass is 470 g/mol. The van der Waals surface area contributed by atoms with E-state index in [0.29, 0.717) is 24.9 Å². The number of aromatic nitrogens is 3. The van der Waals surface area contributed by atoms with Crippen molar-refractivity contribution >= 4 is 28.5 Å². The van der Waals surface area contributed by atoms with E-state index in [1.54, 1.807) is 0 Å². The maximum Gasteiger partial charge on any atom is 0.150 e. The molecule has 0 unspecified atom stereocenters. The minimum Gasteiger partial charge on any atom is -0.492 e. The van der Waals surface area contributed by atoms with E-state index in [9.17, 15) is 0 Å². The fourth-order valence-electron chi connectivity index (χ4n) is 3.83. The van der Waals surface area contributed by atoms with Crippen molar-refractivity contribution in [2.24, 2.45) is 0 Å². The topological polar surface area (TPSA) is 75.2 Å². The quantitative estimate of drug-likeness (QED) is 0.287. The van der Waals surface area contributed by atoms with Crippen molar-refractivity contribution in [1.29, 1.82) is 0 Å². The summed E-state index contributed by atoms with van der Waals surface area (Å²) in [5.74, 6) is 2.44. The van der Waals surface area contributed by atoms with Gasteiger partial charge < -0.3 is 19.8 Å². The molecule has 5 rings (SSSR count). The van der Waals surface area contributed by atoms with Crippen LogP contribution in [-0.4, -0.2) is 27.0 Å². The largest absolute Gasteiger partial charge is 0.492 e. The van der Waals surface area contributed by atoms with Crippen LogP contribution in [0.4, 0.5) is 5.82 Å². The van der Waals surface area contributed by atoms with Gasteiger partial charge in [0, 0.05) is 17.4 Å². The number of halogens is 1. The van der Waals surface area contributed by atoms with Gasteiger partial charge in [-0.2, -0.15) is 0 Å². The minimum atomic E-state index is 0.435. The molecule has 170 valence electrons. The molecule has 34 heavy (non-hydrogen) atoms. The van der Waals surface area contributed by atoms with E-state index in [2.05, 4.69) is 9.97 Å². The SMILES string of the molecule is Nc1ncnc2c1c(-c1ccc(OCc3ccccc3)cc1)cn2-c1ccc(OCCCl)cc1. The molecular weight excluding hydrogens is 448 g/mol. The summed E-state index contributed by atoms with van der Waals surface area (Å²) in [4.78, 5) is 8.74. The fraction of sp³-hybridized carbons (Fsp3) is 0.111. The van der Waals surface area contributed by atoms with Crippen molar-refractivity contribution in [3.63, 3.8) is 0 Å². The summed E-state index contributed by atoms with van der Waals surface area (Å²) >= 11 is 5.71. The van der Waals surface area contributed by atoms with Gasteiger partial charge in [0.25, 0.3) is 0 Å². The lowest BCUT2D eigenvalue weighted by Crippen LogP contribution is -1.99. The molecule has 6 nitrogen and oxygen atoms in total. The van der Waals surface area contributed by atoms with Gasteiger partial charge in [0.05, 0.1) is 11.3 Å². The molecule has 0 aliphatic carbocycles. The molecule has 0 aliphatic heterocycles. The number of nitrogens with two attached hydrogens (primary N) is 1. The van der Waals surface area contributed by atoms with Crippen LogP contribution in [0.1, 0.15) is 5.56 Å². The molecule has 5 aromatic rings. The van der Waals surface area contributed by atoms with E-state index in [1.165, 1.54) is 6.33 Å². The molecule has 0 fully saturated rings. The predicted octanol–water partition coefficient (Wildman–Crippen LogP) is 5.87. The Morgan fingerprint density at radius 1 is 0.824 bits per heavy atom. The molecule has 0 spiro atoms. The lowest BCUT2D eigenvalue weighted by molar-refractivity contribution is 0.306. The van der Waals surface area contributed by atoms with Gasteiger partial charge in [0.1, 0.15) is 36.9 Å². The van der Waals surface area contributed by atoms with Gasteiger partial charge in [0.15, 0.2) is 5.65 Å². The van der Waals surface area contributed by atoms with Crippen LogP contribution in [0.5, 0.6) is 11.5 Å². The summed E-state index contributed by atoms with van der Waals surface area (Å²) < 4.78 is 13.5. The summed E-state index contributed by atoms with van der Waals surface area (Å²) in [5.41, 5.74) is 11.0. The van der Waals surface area contributed by atoms with Crippen LogP contribution in [0.15, 0.2) is 91.4 Å². The molecule has 2 N–H and O–H groups in total. The van der Waals surface area contributed by atoms with Gasteiger partial charge in [-0.1, -0.05) is 42.5 Å². The van der Waals surface area contributed by atoms with E-state index in [1.807, 2.05) is 89.6 Å². The summed E-state index contributed by atoms with van der Waals surface area (Å²) in [6.45, 7) is 0.983. The predicted molar refractivity (Wildman–Crippen MR) is 136 cm³/mol. The molecule has 0 saturated heterocycles. The van der Waals surface area contributed by atoms with Gasteiger partial charge in [-0.15, -0.1) is 11.6 Å². The van der Waals surface area contributed by atoms with E-state index in [0.717, 1.165) is 44.9 Å². The minimum absolute atomic E-state index is 0.435. The highest BCUT2D eigenvalue weighted by Gasteiger charge is 2.16. The molecular formula is C27H23ClN4O2. The number of nitrogen functional groups attached to an aromatic ring is 1. The Morgan fingerprint density at radius 2 is 1.53 bits per heavy atom. The zero-order valence-electron chi connectivity index (χ0n) is 18.4. The molecule has 7 heteroatoms. The van der Waals surface area contributed by atoms with Crippen molar-refractivity contribution < 1.29 is 9.47 Å². The second kappa shape index (κ2) is 9.85. The second-order valence-corrected chi connectivity index (χ2v) is 8.08. The van der Waals surface area contributed by atoms with Crippen molar-refractivity contribution in [2.45, 2.75) is 6.61 Å². The number of rotatable bonds is 8. The third-order valence-corrected chi connectivity index (χ3v) is 5.64. The van der Waals surface area contributed by atoms with Crippen molar-refractivity contribution in [3.8, 4) is 28.3 Å². The number of fused-ring (bicyclic) bond motifs is 1. The normalized spacial score (nSPS) is 11.0. The average Bonchev–Trinajstić information content (AvgIpc) is 3.28. The lowest BCUT2D eigenvalue weighted by atomic mass is 10.1. The number of hydrogen-bond acceptors (Lipinski definition) is 5. The van der Waals surface area contributed by atoms with Gasteiger partial charge in [0.2, 0.25) is 0 Å². The van der Waals surface area contributed by atoms with Crippen molar-refractivity contribution in [1.82, 2.24) is 14.5 Å². The van der Waals surface area contributed by atoms with Crippen LogP contribution >= 0.6 is 11.6 Å². The van der Waals surface area contributed by atoms with Gasteiger partial charge in [-0.05, 0) is 47.5 Å². The summed E-state index contributed by atoms with van der Waals surface area (Å²) in [5, 5.41) is 0.808. The van der Waals surface area contributed by atoms with Crippen LogP contribution < -0.4 is 15.2 Å². The summed E-state index contributed by atoms with van der Waals surface area (Å²) in [6, 6.07) is 25.8. The second-order valence-electron chi connectivity index (χ2n) is 7.70. The molecule has 0 aliphatic rings. The van der Waals surface area contributed by atoms with Crippen LogP contribution in [-0.2, 0) is 6.61 Å². The first kappa shape index (κ1) is 21.8. The summed E-state index contributed by atoms with van der Waals surface area (Å²) in [7, 11) is 0. The Bertz CT molecular complexity index is 1380. The first-order chi connectivity index (χ1) is 16.7. The van der Waals surface area contributed by atoms with Crippen LogP contribution in [0, 0.1) is 0 Å². The molecule has 0 bridgehead atoms. The van der Waals surface area contributed by atoms with Crippen molar-refractivity contribution in [3.05, 3.63) is 97.0 Å². The maximum absolute atomic E-state index is 6.29. The maximum atomic E-state index is 6.29. The van der Waals surface area contributed by atoms with E-state index in [4.69, 9.17) is 26.8 Å². The number of alkyl halides is 1. The fourth-order valence-corrected chi connectivity index (χ4v) is 3.91. The lowest BCUT2D eigenvalue weighted by Gasteiger charge is -2.07. The molecule has 0 atom stereocenters. The highest BCUT2D eigenvalue weighted by atomic mass is 35.5. The third kappa shape index (κ3) is 4.54. The molecule has 0 amide bonds. The Morgan fingerprint density at radius 3 is 2.26 bits per heavy atom. The smallest absolute Gasteiger partial charge is 0.150 e. The Hall–Kier alpha value is -4.03. The summed E-state index contributed by atoms with van der Waals surface area (Å²) in [6.07, 6.45) is 3.51. The first-order valence-electron chi connectivity index (χ1n) is 10.9. The van der Waals surface area contributed by atoms with Crippen LogP contribution in [0.3, 0.4) is 0 Å². The van der Waals surface area contributed by atoms with Crippen LogP contribution in [0.25, 0.3) is 27.8 Å². The van der Waals surface area contributed by atoms with Gasteiger partial charge in [-0.3, -0.25) is 0 Å². The molecule has 3 aromatic carbocycles. The number of hydrogen-bond donors (Lipinski definition) is 1. The zero-order chi connectivity index (χ0) is 23.3.